The second-order valence-electron chi connectivity index (χ2n) is 7.63. The van der Waals surface area contributed by atoms with Gasteiger partial charge in [0.1, 0.15) is 5.82 Å². The third kappa shape index (κ3) is 5.17. The maximum atomic E-state index is 13.1. The van der Waals surface area contributed by atoms with Crippen LogP contribution in [0.5, 0.6) is 0 Å². The van der Waals surface area contributed by atoms with Gasteiger partial charge in [0, 0.05) is 17.2 Å². The first-order chi connectivity index (χ1) is 15.5. The molecule has 1 aliphatic rings. The van der Waals surface area contributed by atoms with Gasteiger partial charge in [-0.05, 0) is 74.5 Å². The van der Waals surface area contributed by atoms with E-state index in [1.54, 1.807) is 36.4 Å². The Bertz CT molecular complexity index is 1070. The minimum absolute atomic E-state index is 0.120. The number of likely N-dealkylation sites (tertiary alicyclic amines) is 1. The highest BCUT2D eigenvalue weighted by Gasteiger charge is 2.26. The van der Waals surface area contributed by atoms with E-state index in [0.29, 0.717) is 28.5 Å². The second-order valence-corrected chi connectivity index (χ2v) is 7.63. The number of carbonyl (C=O) groups excluding carboxylic acids is 2. The molecule has 1 aromatic heterocycles. The van der Waals surface area contributed by atoms with E-state index in [2.05, 4.69) is 25.1 Å². The van der Waals surface area contributed by atoms with Gasteiger partial charge < -0.3 is 14.6 Å². The Labute approximate surface area is 184 Å². The number of rotatable bonds is 6. The number of benzene rings is 2. The lowest BCUT2D eigenvalue weighted by Gasteiger charge is -2.29. The topological polar surface area (TPSA) is 97.6 Å². The van der Waals surface area contributed by atoms with E-state index < -0.39 is 5.97 Å². The van der Waals surface area contributed by atoms with Crippen molar-refractivity contribution in [1.82, 2.24) is 15.0 Å². The maximum Gasteiger partial charge on any atom is 0.337 e. The molecule has 2 aromatic carbocycles. The number of amides is 1. The molecule has 1 fully saturated rings. The average Bonchev–Trinajstić information content (AvgIpc) is 3.30. The number of ether oxygens (including phenoxy) is 1. The average molecular weight is 438 g/mol. The van der Waals surface area contributed by atoms with Crippen LogP contribution >= 0.6 is 0 Å². The fourth-order valence-electron chi connectivity index (χ4n) is 3.67. The Kier molecular flexibility index (Phi) is 6.55. The van der Waals surface area contributed by atoms with Crippen LogP contribution in [-0.4, -0.2) is 53.7 Å². The Balaban J connectivity index is 1.26. The molecular formula is C23H23FN4O4. The summed E-state index contributed by atoms with van der Waals surface area (Å²) in [7, 11) is 1.32. The summed E-state index contributed by atoms with van der Waals surface area (Å²) in [5.74, 6) is 0.288. The van der Waals surface area contributed by atoms with Gasteiger partial charge in [0.2, 0.25) is 17.6 Å². The number of hydrogen-bond acceptors (Lipinski definition) is 7. The zero-order chi connectivity index (χ0) is 22.5. The van der Waals surface area contributed by atoms with E-state index in [0.717, 1.165) is 25.9 Å². The molecule has 4 rings (SSSR count). The van der Waals surface area contributed by atoms with E-state index in [9.17, 15) is 14.0 Å². The van der Waals surface area contributed by atoms with E-state index in [1.807, 2.05) is 0 Å². The Morgan fingerprint density at radius 1 is 1.12 bits per heavy atom. The standard InChI is InChI=1S/C23H23FN4O4/c1-31-23(30)17-4-8-19(9-5-17)25-20(29)14-28-12-10-16(11-13-28)22-26-21(27-32-22)15-2-6-18(24)7-3-15/h2-9,16H,10-14H2,1H3,(H,25,29). The summed E-state index contributed by atoms with van der Waals surface area (Å²) in [6, 6.07) is 12.5. The van der Waals surface area contributed by atoms with Crippen LogP contribution in [0.1, 0.15) is 35.0 Å². The van der Waals surface area contributed by atoms with Crippen LogP contribution in [0.25, 0.3) is 11.4 Å². The number of esters is 1. The van der Waals surface area contributed by atoms with Crippen LogP contribution in [0.3, 0.4) is 0 Å². The van der Waals surface area contributed by atoms with Gasteiger partial charge in [-0.15, -0.1) is 0 Å². The molecule has 0 aliphatic carbocycles. The highest BCUT2D eigenvalue weighted by atomic mass is 19.1. The van der Waals surface area contributed by atoms with Gasteiger partial charge >= 0.3 is 5.97 Å². The molecule has 2 heterocycles. The lowest BCUT2D eigenvalue weighted by atomic mass is 9.97. The van der Waals surface area contributed by atoms with Crippen molar-refractivity contribution in [1.29, 1.82) is 0 Å². The van der Waals surface area contributed by atoms with Crippen LogP contribution in [0, 0.1) is 5.82 Å². The lowest BCUT2D eigenvalue weighted by molar-refractivity contribution is -0.117. The SMILES string of the molecule is COC(=O)c1ccc(NC(=O)CN2CCC(c3nc(-c4ccc(F)cc4)no3)CC2)cc1. The zero-order valence-corrected chi connectivity index (χ0v) is 17.6. The monoisotopic (exact) mass is 438 g/mol. The smallest absolute Gasteiger partial charge is 0.337 e. The Morgan fingerprint density at radius 3 is 2.47 bits per heavy atom. The lowest BCUT2D eigenvalue weighted by Crippen LogP contribution is -2.38. The number of halogens is 1. The fraction of sp³-hybridized carbons (Fsp3) is 0.304. The molecule has 0 atom stereocenters. The van der Waals surface area contributed by atoms with Crippen LogP contribution < -0.4 is 5.32 Å². The number of methoxy groups -OCH3 is 1. The fourth-order valence-corrected chi connectivity index (χ4v) is 3.67. The summed E-state index contributed by atoms with van der Waals surface area (Å²) < 4.78 is 23.2. The highest BCUT2D eigenvalue weighted by Crippen LogP contribution is 2.28. The van der Waals surface area contributed by atoms with Crippen LogP contribution in [0.4, 0.5) is 10.1 Å². The van der Waals surface area contributed by atoms with Gasteiger partial charge in [-0.1, -0.05) is 5.16 Å². The van der Waals surface area contributed by atoms with Crippen molar-refractivity contribution in [2.24, 2.45) is 0 Å². The molecule has 1 amide bonds. The molecular weight excluding hydrogens is 415 g/mol. The second kappa shape index (κ2) is 9.69. The normalized spacial score (nSPS) is 14.8. The molecule has 32 heavy (non-hydrogen) atoms. The predicted molar refractivity (Wildman–Crippen MR) is 115 cm³/mol. The first kappa shape index (κ1) is 21.6. The van der Waals surface area contributed by atoms with Crippen LogP contribution in [0.15, 0.2) is 53.1 Å². The molecule has 1 N–H and O–H groups in total. The predicted octanol–water partition coefficient (Wildman–Crippen LogP) is 3.48. The minimum Gasteiger partial charge on any atom is -0.465 e. The Hall–Kier alpha value is -3.59. The first-order valence-corrected chi connectivity index (χ1v) is 10.3. The Morgan fingerprint density at radius 2 is 1.81 bits per heavy atom. The van der Waals surface area contributed by atoms with Crippen LogP contribution in [0.2, 0.25) is 0 Å². The van der Waals surface area contributed by atoms with Gasteiger partial charge in [-0.2, -0.15) is 4.98 Å². The van der Waals surface area contributed by atoms with Crippen molar-refractivity contribution in [3.05, 3.63) is 65.8 Å². The van der Waals surface area contributed by atoms with Gasteiger partial charge in [0.05, 0.1) is 19.2 Å². The summed E-state index contributed by atoms with van der Waals surface area (Å²) in [6.45, 7) is 1.73. The highest BCUT2D eigenvalue weighted by molar-refractivity contribution is 5.94. The number of nitrogens with one attached hydrogen (secondary N) is 1. The van der Waals surface area contributed by atoms with Crippen molar-refractivity contribution in [3.8, 4) is 11.4 Å². The molecule has 0 spiro atoms. The number of anilines is 1. The van der Waals surface area contributed by atoms with Gasteiger partial charge in [0.15, 0.2) is 0 Å². The largest absolute Gasteiger partial charge is 0.465 e. The van der Waals surface area contributed by atoms with E-state index in [1.165, 1.54) is 19.2 Å². The molecule has 1 aliphatic heterocycles. The van der Waals surface area contributed by atoms with Gasteiger partial charge in [-0.25, -0.2) is 9.18 Å². The van der Waals surface area contributed by atoms with Crippen molar-refractivity contribution >= 4 is 17.6 Å². The first-order valence-electron chi connectivity index (χ1n) is 10.3. The van der Waals surface area contributed by atoms with Crippen molar-refractivity contribution in [2.45, 2.75) is 18.8 Å². The van der Waals surface area contributed by atoms with E-state index >= 15 is 0 Å². The number of piperidine rings is 1. The number of nitrogens with zero attached hydrogens (tertiary/aromatic N) is 3. The summed E-state index contributed by atoms with van der Waals surface area (Å²) in [5, 5.41) is 6.85. The van der Waals surface area contributed by atoms with Gasteiger partial charge in [0.25, 0.3) is 0 Å². The van der Waals surface area contributed by atoms with Crippen LogP contribution in [-0.2, 0) is 9.53 Å². The number of hydrogen-bond donors (Lipinski definition) is 1. The van der Waals surface area contributed by atoms with Gasteiger partial charge in [-0.3, -0.25) is 9.69 Å². The van der Waals surface area contributed by atoms with Crippen molar-refractivity contribution in [2.75, 3.05) is 32.1 Å². The third-order valence-corrected chi connectivity index (χ3v) is 5.44. The summed E-state index contributed by atoms with van der Waals surface area (Å²) in [4.78, 5) is 30.4. The maximum absolute atomic E-state index is 13.1. The number of aromatic nitrogens is 2. The molecule has 1 saturated heterocycles. The molecule has 0 unspecified atom stereocenters. The van der Waals surface area contributed by atoms with Crippen molar-refractivity contribution in [3.63, 3.8) is 0 Å². The molecule has 8 nitrogen and oxygen atoms in total. The minimum atomic E-state index is -0.420. The summed E-state index contributed by atoms with van der Waals surface area (Å²) in [5.41, 5.74) is 1.75. The van der Waals surface area contributed by atoms with E-state index in [4.69, 9.17) is 4.52 Å². The molecule has 0 saturated carbocycles. The van der Waals surface area contributed by atoms with Crippen molar-refractivity contribution < 1.29 is 23.2 Å². The molecule has 166 valence electrons. The quantitative estimate of drug-likeness (QED) is 0.589. The molecule has 9 heteroatoms. The molecule has 3 aromatic rings. The zero-order valence-electron chi connectivity index (χ0n) is 17.6. The molecule has 0 bridgehead atoms. The van der Waals surface area contributed by atoms with E-state index in [-0.39, 0.29) is 24.2 Å². The molecule has 0 radical (unpaired) electrons. The third-order valence-electron chi connectivity index (χ3n) is 5.44. The number of carbonyl (C=O) groups is 2. The summed E-state index contributed by atoms with van der Waals surface area (Å²) in [6.07, 6.45) is 1.60. The summed E-state index contributed by atoms with van der Waals surface area (Å²) >= 11 is 0.